The van der Waals surface area contributed by atoms with Crippen molar-refractivity contribution in [2.75, 3.05) is 11.9 Å². The summed E-state index contributed by atoms with van der Waals surface area (Å²) in [7, 11) is 0. The lowest BCUT2D eigenvalue weighted by Crippen LogP contribution is -2.58. The Bertz CT molecular complexity index is 877. The number of hydrogen-bond acceptors (Lipinski definition) is 2. The van der Waals surface area contributed by atoms with Gasteiger partial charge in [0, 0.05) is 11.3 Å². The fourth-order valence-electron chi connectivity index (χ4n) is 7.14. The minimum Gasteiger partial charge on any atom is -0.343 e. The molecule has 1 aromatic carbocycles. The second-order valence-corrected chi connectivity index (χ2v) is 10.7. The number of hydrogen-bond donors (Lipinski definition) is 2. The first-order valence-electron chi connectivity index (χ1n) is 10.6. The first-order chi connectivity index (χ1) is 13.8. The van der Waals surface area contributed by atoms with E-state index in [1.807, 2.05) is 12.2 Å². The number of halogens is 3. The van der Waals surface area contributed by atoms with Gasteiger partial charge in [0.1, 0.15) is 6.54 Å². The minimum absolute atomic E-state index is 0.0139. The lowest BCUT2D eigenvalue weighted by molar-refractivity contribution is -0.165. The van der Waals surface area contributed by atoms with E-state index in [2.05, 4.69) is 19.2 Å². The van der Waals surface area contributed by atoms with E-state index in [-0.39, 0.29) is 22.3 Å². The predicted octanol–water partition coefficient (Wildman–Crippen LogP) is 5.22. The Hall–Kier alpha value is -2.05. The summed E-state index contributed by atoms with van der Waals surface area (Å²) in [5.41, 5.74) is 1.36. The summed E-state index contributed by atoms with van der Waals surface area (Å²) in [4.78, 5) is 25.6. The van der Waals surface area contributed by atoms with Gasteiger partial charge in [0.15, 0.2) is 0 Å². The van der Waals surface area contributed by atoms with Crippen molar-refractivity contribution < 1.29 is 22.8 Å². The van der Waals surface area contributed by atoms with Crippen LogP contribution in [0.2, 0.25) is 0 Å². The lowest BCUT2D eigenvalue weighted by atomic mass is 9.40. The average molecular weight is 422 g/mol. The van der Waals surface area contributed by atoms with Crippen molar-refractivity contribution in [1.29, 1.82) is 0 Å². The van der Waals surface area contributed by atoms with E-state index in [1.165, 1.54) is 31.4 Å². The second-order valence-electron chi connectivity index (χ2n) is 10.7. The molecule has 2 N–H and O–H groups in total. The Labute approximate surface area is 175 Å². The first kappa shape index (κ1) is 21.2. The summed E-state index contributed by atoms with van der Waals surface area (Å²) in [5.74, 6) is -0.250. The van der Waals surface area contributed by atoms with Crippen molar-refractivity contribution in [3.05, 3.63) is 29.3 Å². The Morgan fingerprint density at radius 3 is 2.27 bits per heavy atom. The van der Waals surface area contributed by atoms with E-state index < -0.39 is 24.0 Å². The molecule has 2 amide bonds. The van der Waals surface area contributed by atoms with E-state index in [1.54, 1.807) is 6.07 Å². The predicted molar refractivity (Wildman–Crippen MR) is 108 cm³/mol. The molecule has 7 heteroatoms. The van der Waals surface area contributed by atoms with Crippen LogP contribution in [0, 0.1) is 29.1 Å². The quantitative estimate of drug-likeness (QED) is 0.699. The van der Waals surface area contributed by atoms with Crippen LogP contribution < -0.4 is 10.6 Å². The zero-order chi connectivity index (χ0) is 21.9. The largest absolute Gasteiger partial charge is 0.405 e. The maximum Gasteiger partial charge on any atom is 0.405 e. The SMILES string of the molecule is Cc1ccc(C(=O)NCC(F)(F)F)cc1NC(=O)C12CC3CC(C)(CC(C)(C3)C1)C2. The number of carbonyl (C=O) groups is 2. The molecule has 0 radical (unpaired) electrons. The lowest BCUT2D eigenvalue weighted by Gasteiger charge is -2.64. The van der Waals surface area contributed by atoms with Crippen LogP contribution in [0.25, 0.3) is 0 Å². The molecule has 2 unspecified atom stereocenters. The Morgan fingerprint density at radius 2 is 1.70 bits per heavy atom. The molecule has 0 saturated heterocycles. The highest BCUT2D eigenvalue weighted by atomic mass is 19.4. The number of amides is 2. The maximum absolute atomic E-state index is 13.5. The second kappa shape index (κ2) is 6.72. The van der Waals surface area contributed by atoms with Crippen molar-refractivity contribution in [3.63, 3.8) is 0 Å². The van der Waals surface area contributed by atoms with Gasteiger partial charge in [-0.1, -0.05) is 19.9 Å². The highest BCUT2D eigenvalue weighted by molar-refractivity contribution is 5.99. The molecule has 1 aromatic rings. The molecular weight excluding hydrogens is 393 g/mol. The van der Waals surface area contributed by atoms with Crippen LogP contribution in [0.1, 0.15) is 68.3 Å². The number of anilines is 1. The fraction of sp³-hybridized carbons (Fsp3) is 0.652. The normalized spacial score (nSPS) is 34.7. The molecule has 4 aliphatic rings. The van der Waals surface area contributed by atoms with Crippen LogP contribution >= 0.6 is 0 Å². The molecule has 164 valence electrons. The molecule has 5 rings (SSSR count). The minimum atomic E-state index is -4.47. The van der Waals surface area contributed by atoms with E-state index in [9.17, 15) is 22.8 Å². The van der Waals surface area contributed by atoms with Crippen LogP contribution in [0.15, 0.2) is 18.2 Å². The van der Waals surface area contributed by atoms with Gasteiger partial charge < -0.3 is 10.6 Å². The summed E-state index contributed by atoms with van der Waals surface area (Å²) >= 11 is 0. The zero-order valence-electron chi connectivity index (χ0n) is 17.7. The molecule has 0 heterocycles. The van der Waals surface area contributed by atoms with Gasteiger partial charge in [-0.05, 0) is 79.9 Å². The van der Waals surface area contributed by atoms with Crippen molar-refractivity contribution in [1.82, 2.24) is 5.32 Å². The maximum atomic E-state index is 13.5. The summed E-state index contributed by atoms with van der Waals surface area (Å²) in [5, 5.41) is 4.91. The van der Waals surface area contributed by atoms with Gasteiger partial charge >= 0.3 is 6.18 Å². The standard InChI is InChI=1S/C23H29F3N2O2/c1-14-4-5-16(18(29)27-13-23(24,25)26)6-17(14)28-19(30)22-9-15-7-20(2,11-22)10-21(3,8-15)12-22/h4-6,15H,7-13H2,1-3H3,(H,27,29)(H,28,30). The zero-order valence-corrected chi connectivity index (χ0v) is 17.7. The van der Waals surface area contributed by atoms with Crippen molar-refractivity contribution in [2.45, 2.75) is 65.5 Å². The molecule has 4 aliphatic carbocycles. The summed E-state index contributed by atoms with van der Waals surface area (Å²) in [6, 6.07) is 4.60. The number of nitrogens with one attached hydrogen (secondary N) is 2. The molecule has 0 aliphatic heterocycles. The van der Waals surface area contributed by atoms with Gasteiger partial charge in [0.25, 0.3) is 5.91 Å². The molecule has 4 nitrogen and oxygen atoms in total. The van der Waals surface area contributed by atoms with E-state index >= 15 is 0 Å². The highest BCUT2D eigenvalue weighted by Crippen LogP contribution is 2.69. The third-order valence-electron chi connectivity index (χ3n) is 7.31. The number of benzene rings is 1. The van der Waals surface area contributed by atoms with Crippen LogP contribution in [-0.4, -0.2) is 24.5 Å². The monoisotopic (exact) mass is 422 g/mol. The van der Waals surface area contributed by atoms with Crippen LogP contribution in [0.5, 0.6) is 0 Å². The third-order valence-corrected chi connectivity index (χ3v) is 7.31. The van der Waals surface area contributed by atoms with E-state index in [0.717, 1.165) is 24.8 Å². The van der Waals surface area contributed by atoms with E-state index in [0.29, 0.717) is 11.6 Å². The Balaban J connectivity index is 1.53. The van der Waals surface area contributed by atoms with Crippen LogP contribution in [0.4, 0.5) is 18.9 Å². The molecule has 4 bridgehead atoms. The van der Waals surface area contributed by atoms with Crippen LogP contribution in [-0.2, 0) is 4.79 Å². The molecular formula is C23H29F3N2O2. The smallest absolute Gasteiger partial charge is 0.343 e. The van der Waals surface area contributed by atoms with Gasteiger partial charge in [-0.15, -0.1) is 0 Å². The van der Waals surface area contributed by atoms with Gasteiger partial charge in [-0.3, -0.25) is 9.59 Å². The number of carbonyl (C=O) groups excluding carboxylic acids is 2. The average Bonchev–Trinajstić information content (AvgIpc) is 2.57. The Kier molecular flexibility index (Phi) is 4.75. The number of aryl methyl sites for hydroxylation is 1. The van der Waals surface area contributed by atoms with Gasteiger partial charge in [-0.2, -0.15) is 13.2 Å². The molecule has 0 spiro atoms. The highest BCUT2D eigenvalue weighted by Gasteiger charge is 2.62. The molecule has 4 fully saturated rings. The number of alkyl halides is 3. The van der Waals surface area contributed by atoms with Gasteiger partial charge in [0.2, 0.25) is 5.91 Å². The summed E-state index contributed by atoms with van der Waals surface area (Å²) < 4.78 is 37.2. The molecule has 0 aromatic heterocycles. The first-order valence-corrected chi connectivity index (χ1v) is 10.6. The number of rotatable bonds is 4. The molecule has 2 atom stereocenters. The van der Waals surface area contributed by atoms with Crippen LogP contribution in [0.3, 0.4) is 0 Å². The topological polar surface area (TPSA) is 58.2 Å². The Morgan fingerprint density at radius 1 is 1.07 bits per heavy atom. The van der Waals surface area contributed by atoms with E-state index in [4.69, 9.17) is 0 Å². The molecule has 30 heavy (non-hydrogen) atoms. The van der Waals surface area contributed by atoms with Crippen molar-refractivity contribution >= 4 is 17.5 Å². The van der Waals surface area contributed by atoms with Crippen molar-refractivity contribution in [3.8, 4) is 0 Å². The summed E-state index contributed by atoms with van der Waals surface area (Å²) in [6.45, 7) is 5.03. The van der Waals surface area contributed by atoms with Gasteiger partial charge in [-0.25, -0.2) is 0 Å². The fourth-order valence-corrected chi connectivity index (χ4v) is 7.14. The third kappa shape index (κ3) is 3.95. The van der Waals surface area contributed by atoms with Gasteiger partial charge in [0.05, 0.1) is 5.41 Å². The summed E-state index contributed by atoms with van der Waals surface area (Å²) in [6.07, 6.45) is 1.72. The van der Waals surface area contributed by atoms with Crippen molar-refractivity contribution in [2.24, 2.45) is 22.2 Å². The molecule has 4 saturated carbocycles.